The summed E-state index contributed by atoms with van der Waals surface area (Å²) in [6, 6.07) is 2.07. The molecule has 0 aromatic heterocycles. The Morgan fingerprint density at radius 3 is 2.06 bits per heavy atom. The minimum absolute atomic E-state index is 0.531. The number of hydrogen-bond acceptors (Lipinski definition) is 6. The van der Waals surface area contributed by atoms with Gasteiger partial charge in [-0.25, -0.2) is 8.42 Å². The van der Waals surface area contributed by atoms with E-state index >= 15 is 0 Å². The van der Waals surface area contributed by atoms with Crippen LogP contribution in [0.2, 0.25) is 0 Å². The van der Waals surface area contributed by atoms with Crippen molar-refractivity contribution in [3.63, 3.8) is 0 Å². The first-order valence-electron chi connectivity index (χ1n) is 4.13. The number of nitrogens with zero attached hydrogens (tertiary/aromatic N) is 2. The van der Waals surface area contributed by atoms with Gasteiger partial charge >= 0.3 is 0 Å². The first-order valence-corrected chi connectivity index (χ1v) is 6.54. The van der Waals surface area contributed by atoms with Gasteiger partial charge in [0.15, 0.2) is 0 Å². The van der Waals surface area contributed by atoms with Gasteiger partial charge in [-0.3, -0.25) is 20.2 Å². The van der Waals surface area contributed by atoms with Gasteiger partial charge in [0.05, 0.1) is 15.9 Å². The molecule has 0 atom stereocenters. The smallest absolute Gasteiger partial charge is 0.258 e. The number of nitro benzene ring substituents is 2. The molecule has 0 fully saturated rings. The highest BCUT2D eigenvalue weighted by Crippen LogP contribution is 2.32. The molecule has 0 heterocycles. The van der Waals surface area contributed by atoms with Crippen molar-refractivity contribution < 1.29 is 18.3 Å². The van der Waals surface area contributed by atoms with E-state index in [-0.39, 0.29) is 0 Å². The zero-order valence-corrected chi connectivity index (χ0v) is 10.6. The van der Waals surface area contributed by atoms with Crippen molar-refractivity contribution in [2.24, 2.45) is 0 Å². The molecule has 0 saturated carbocycles. The minimum Gasteiger partial charge on any atom is -0.258 e. The highest BCUT2D eigenvalue weighted by Gasteiger charge is 2.32. The molecule has 8 nitrogen and oxygen atoms in total. The lowest BCUT2D eigenvalue weighted by atomic mass is 10.3. The molecule has 0 spiro atoms. The molecule has 0 aliphatic carbocycles. The van der Waals surface area contributed by atoms with E-state index in [0.717, 1.165) is 12.1 Å². The van der Waals surface area contributed by atoms with Crippen LogP contribution in [0.25, 0.3) is 0 Å². The van der Waals surface area contributed by atoms with Crippen LogP contribution >= 0.6 is 23.2 Å². The van der Waals surface area contributed by atoms with Crippen LogP contribution in [-0.4, -0.2) is 22.4 Å². The van der Waals surface area contributed by atoms with E-state index in [2.05, 4.69) is 0 Å². The molecule has 0 amide bonds. The van der Waals surface area contributed by atoms with Crippen LogP contribution in [0.15, 0.2) is 23.1 Å². The molecule has 1 aromatic carbocycles. The van der Waals surface area contributed by atoms with Crippen molar-refractivity contribution in [2.75, 3.05) is 0 Å². The second-order valence-corrected chi connectivity index (χ2v) is 6.59. The average molecular weight is 315 g/mol. The molecule has 98 valence electrons. The molecule has 0 saturated heterocycles. The van der Waals surface area contributed by atoms with Gasteiger partial charge in [0.25, 0.3) is 11.4 Å². The van der Waals surface area contributed by atoms with Gasteiger partial charge < -0.3 is 0 Å². The van der Waals surface area contributed by atoms with Crippen LogP contribution < -0.4 is 0 Å². The van der Waals surface area contributed by atoms with Crippen LogP contribution in [0.3, 0.4) is 0 Å². The molecular formula is C7H4Cl2N2O6S. The van der Waals surface area contributed by atoms with Crippen molar-refractivity contribution in [1.29, 1.82) is 0 Å². The fourth-order valence-electron chi connectivity index (χ4n) is 1.10. The summed E-state index contributed by atoms with van der Waals surface area (Å²) in [7, 11) is -4.33. The number of halogens is 2. The van der Waals surface area contributed by atoms with Gasteiger partial charge in [-0.05, 0) is 6.07 Å². The number of non-ortho nitro benzene ring substituents is 1. The lowest BCUT2D eigenvalue weighted by Gasteiger charge is -2.05. The SMILES string of the molecule is O=[N+]([O-])c1ccc(S(=O)(=O)C(Cl)Cl)c([N+](=O)[O-])c1. The van der Waals surface area contributed by atoms with E-state index in [1.165, 1.54) is 0 Å². The van der Waals surface area contributed by atoms with E-state index in [1.807, 2.05) is 0 Å². The van der Waals surface area contributed by atoms with E-state index in [4.69, 9.17) is 23.2 Å². The summed E-state index contributed by atoms with van der Waals surface area (Å²) in [5.41, 5.74) is -1.56. The Balaban J connectivity index is 3.57. The summed E-state index contributed by atoms with van der Waals surface area (Å²) >= 11 is 10.4. The zero-order valence-electron chi connectivity index (χ0n) is 8.32. The van der Waals surface area contributed by atoms with E-state index in [1.54, 1.807) is 0 Å². The van der Waals surface area contributed by atoms with Crippen LogP contribution in [0.5, 0.6) is 0 Å². The molecule has 11 heteroatoms. The Hall–Kier alpha value is -1.45. The second-order valence-electron chi connectivity index (χ2n) is 2.97. The Kier molecular flexibility index (Phi) is 4.09. The third-order valence-corrected chi connectivity index (χ3v) is 4.73. The summed E-state index contributed by atoms with van der Waals surface area (Å²) in [4.78, 5) is 18.4. The number of hydrogen-bond donors (Lipinski definition) is 0. The normalized spacial score (nSPS) is 11.5. The molecule has 0 bridgehead atoms. The number of alkyl halides is 2. The zero-order chi connectivity index (χ0) is 14.1. The monoisotopic (exact) mass is 314 g/mol. The predicted molar refractivity (Wildman–Crippen MR) is 62.4 cm³/mol. The Labute approximate surface area is 110 Å². The van der Waals surface area contributed by atoms with Gasteiger partial charge in [-0.2, -0.15) is 0 Å². The van der Waals surface area contributed by atoms with Crippen molar-refractivity contribution in [2.45, 2.75) is 9.06 Å². The predicted octanol–water partition coefficient (Wildman–Crippen LogP) is 2.04. The highest BCUT2D eigenvalue weighted by molar-refractivity contribution is 7.94. The van der Waals surface area contributed by atoms with Crippen LogP contribution in [0.4, 0.5) is 11.4 Å². The molecule has 1 rings (SSSR count). The fourth-order valence-corrected chi connectivity index (χ4v) is 2.55. The largest absolute Gasteiger partial charge is 0.294 e. The molecule has 0 radical (unpaired) electrons. The fraction of sp³-hybridized carbons (Fsp3) is 0.143. The van der Waals surface area contributed by atoms with Crippen LogP contribution in [0, 0.1) is 20.2 Å². The number of sulfone groups is 1. The Morgan fingerprint density at radius 2 is 1.67 bits per heavy atom. The van der Waals surface area contributed by atoms with E-state index in [0.29, 0.717) is 6.07 Å². The number of nitro groups is 2. The summed E-state index contributed by atoms with van der Waals surface area (Å²) in [5.74, 6) is 0. The van der Waals surface area contributed by atoms with Crippen LogP contribution in [0.1, 0.15) is 0 Å². The standard InChI is InChI=1S/C7H4Cl2N2O6S/c8-7(9)18(16,17)6-2-1-4(10(12)13)3-5(6)11(14)15/h1-3,7H. The Morgan fingerprint density at radius 1 is 1.11 bits per heavy atom. The molecule has 0 unspecified atom stereocenters. The molecule has 0 aliphatic heterocycles. The summed E-state index contributed by atoms with van der Waals surface area (Å²) in [5, 5.41) is 21.2. The molecular weight excluding hydrogens is 311 g/mol. The lowest BCUT2D eigenvalue weighted by Crippen LogP contribution is -2.12. The molecule has 0 aliphatic rings. The third kappa shape index (κ3) is 2.68. The summed E-state index contributed by atoms with van der Waals surface area (Å²) in [6.07, 6.45) is 0. The maximum atomic E-state index is 11.6. The Bertz CT molecular complexity index is 614. The second kappa shape index (κ2) is 5.04. The van der Waals surface area contributed by atoms with Crippen molar-refractivity contribution in [3.05, 3.63) is 38.4 Å². The molecule has 1 aromatic rings. The van der Waals surface area contributed by atoms with Gasteiger partial charge in [0.1, 0.15) is 4.90 Å². The maximum Gasteiger partial charge on any atom is 0.294 e. The third-order valence-electron chi connectivity index (χ3n) is 1.89. The van der Waals surface area contributed by atoms with Gasteiger partial charge in [0, 0.05) is 6.07 Å². The van der Waals surface area contributed by atoms with Gasteiger partial charge in [0.2, 0.25) is 14.0 Å². The minimum atomic E-state index is -4.33. The maximum absolute atomic E-state index is 11.6. The highest BCUT2D eigenvalue weighted by atomic mass is 35.5. The summed E-state index contributed by atoms with van der Waals surface area (Å²) in [6.45, 7) is 0. The van der Waals surface area contributed by atoms with E-state index < -0.39 is 40.1 Å². The van der Waals surface area contributed by atoms with Crippen LogP contribution in [-0.2, 0) is 9.84 Å². The molecule has 0 N–H and O–H groups in total. The van der Waals surface area contributed by atoms with Crippen molar-refractivity contribution in [3.8, 4) is 0 Å². The van der Waals surface area contributed by atoms with E-state index in [9.17, 15) is 28.6 Å². The van der Waals surface area contributed by atoms with Crippen molar-refractivity contribution in [1.82, 2.24) is 0 Å². The first kappa shape index (κ1) is 14.6. The number of benzene rings is 1. The number of rotatable bonds is 4. The first-order chi connectivity index (χ1) is 8.17. The van der Waals surface area contributed by atoms with Gasteiger partial charge in [-0.1, -0.05) is 23.2 Å². The lowest BCUT2D eigenvalue weighted by molar-refractivity contribution is -0.396. The summed E-state index contributed by atoms with van der Waals surface area (Å²) < 4.78 is 21.3. The average Bonchev–Trinajstić information content (AvgIpc) is 2.27. The van der Waals surface area contributed by atoms with Gasteiger partial charge in [-0.15, -0.1) is 0 Å². The van der Waals surface area contributed by atoms with Crippen molar-refractivity contribution >= 4 is 44.4 Å². The quantitative estimate of drug-likeness (QED) is 0.476. The molecule has 18 heavy (non-hydrogen) atoms. The topological polar surface area (TPSA) is 120 Å².